The summed E-state index contributed by atoms with van der Waals surface area (Å²) in [5.41, 5.74) is 0.171. The fourth-order valence-corrected chi connectivity index (χ4v) is 2.46. The van der Waals surface area contributed by atoms with E-state index >= 15 is 0 Å². The van der Waals surface area contributed by atoms with Crippen molar-refractivity contribution in [2.75, 3.05) is 13.1 Å². The van der Waals surface area contributed by atoms with E-state index in [-0.39, 0.29) is 24.1 Å². The predicted octanol–water partition coefficient (Wildman–Crippen LogP) is 2.09. The molecular weight excluding hydrogens is 314 g/mol. The lowest BCUT2D eigenvalue weighted by Crippen LogP contribution is -2.34. The quantitative estimate of drug-likeness (QED) is 0.629. The second kappa shape index (κ2) is 7.05. The van der Waals surface area contributed by atoms with Crippen LogP contribution in [0.15, 0.2) is 35.4 Å². The van der Waals surface area contributed by atoms with Crippen molar-refractivity contribution in [1.82, 2.24) is 15.8 Å². The summed E-state index contributed by atoms with van der Waals surface area (Å²) in [4.78, 5) is 23.5. The van der Waals surface area contributed by atoms with E-state index in [9.17, 15) is 9.59 Å². The number of halogens is 1. The maximum Gasteiger partial charge on any atom is 0.273 e. The molecule has 6 nitrogen and oxygen atoms in total. The standard InChI is InChI=1S/C13H12ClN3O3S/c1-2-12(18)15-5-6-16-13(19)8-7-9(20-17-8)10-3-4-11(14)21-10/h2-4,7H,1,5-6H2,(H,15,18)(H,16,19). The van der Waals surface area contributed by atoms with Gasteiger partial charge in [0.05, 0.1) is 9.21 Å². The Morgan fingerprint density at radius 3 is 2.81 bits per heavy atom. The molecule has 2 aromatic rings. The van der Waals surface area contributed by atoms with Crippen molar-refractivity contribution in [2.45, 2.75) is 0 Å². The van der Waals surface area contributed by atoms with Gasteiger partial charge in [-0.1, -0.05) is 23.3 Å². The monoisotopic (exact) mass is 325 g/mol. The number of nitrogens with one attached hydrogen (secondary N) is 2. The summed E-state index contributed by atoms with van der Waals surface area (Å²) in [5.74, 6) is -0.180. The maximum absolute atomic E-state index is 11.8. The van der Waals surface area contributed by atoms with E-state index in [4.69, 9.17) is 16.1 Å². The Hall–Kier alpha value is -2.12. The first-order valence-corrected chi connectivity index (χ1v) is 7.20. The Labute approximate surface area is 129 Å². The third-order valence-electron chi connectivity index (χ3n) is 2.45. The SMILES string of the molecule is C=CC(=O)NCCNC(=O)c1cc(-c2ccc(Cl)s2)on1. The lowest BCUT2D eigenvalue weighted by Gasteiger charge is -2.03. The minimum absolute atomic E-state index is 0.171. The second-order valence-electron chi connectivity index (χ2n) is 3.93. The molecule has 2 rings (SSSR count). The van der Waals surface area contributed by atoms with Gasteiger partial charge in [0.15, 0.2) is 11.5 Å². The molecule has 2 aromatic heterocycles. The maximum atomic E-state index is 11.8. The molecule has 0 saturated heterocycles. The van der Waals surface area contributed by atoms with Gasteiger partial charge in [0.1, 0.15) is 0 Å². The van der Waals surface area contributed by atoms with Crippen molar-refractivity contribution in [3.8, 4) is 10.6 Å². The van der Waals surface area contributed by atoms with Crippen molar-refractivity contribution in [2.24, 2.45) is 0 Å². The zero-order valence-electron chi connectivity index (χ0n) is 10.9. The lowest BCUT2D eigenvalue weighted by atomic mass is 10.3. The fraction of sp³-hybridized carbons (Fsp3) is 0.154. The van der Waals surface area contributed by atoms with Gasteiger partial charge in [0, 0.05) is 19.2 Å². The zero-order chi connectivity index (χ0) is 15.2. The summed E-state index contributed by atoms with van der Waals surface area (Å²) >= 11 is 7.17. The molecule has 2 amide bonds. The van der Waals surface area contributed by atoms with Gasteiger partial charge in [-0.25, -0.2) is 0 Å². The topological polar surface area (TPSA) is 84.2 Å². The number of amides is 2. The highest BCUT2D eigenvalue weighted by molar-refractivity contribution is 7.19. The van der Waals surface area contributed by atoms with Crippen molar-refractivity contribution in [3.63, 3.8) is 0 Å². The van der Waals surface area contributed by atoms with Crippen LogP contribution in [-0.4, -0.2) is 30.1 Å². The summed E-state index contributed by atoms with van der Waals surface area (Å²) in [5, 5.41) is 8.86. The average Bonchev–Trinajstić information content (AvgIpc) is 3.11. The summed E-state index contributed by atoms with van der Waals surface area (Å²) in [6, 6.07) is 5.08. The van der Waals surface area contributed by atoms with E-state index in [0.29, 0.717) is 16.6 Å². The molecule has 0 aliphatic rings. The van der Waals surface area contributed by atoms with Crippen LogP contribution in [-0.2, 0) is 4.79 Å². The molecule has 0 unspecified atom stereocenters. The minimum atomic E-state index is -0.375. The third kappa shape index (κ3) is 4.17. The molecule has 2 N–H and O–H groups in total. The van der Waals surface area contributed by atoms with Crippen LogP contribution in [0.3, 0.4) is 0 Å². The van der Waals surface area contributed by atoms with Crippen molar-refractivity contribution in [1.29, 1.82) is 0 Å². The molecule has 0 aromatic carbocycles. The third-order valence-corrected chi connectivity index (χ3v) is 3.70. The molecule has 2 heterocycles. The molecule has 0 bridgehead atoms. The van der Waals surface area contributed by atoms with Crippen LogP contribution in [0.1, 0.15) is 10.5 Å². The normalized spacial score (nSPS) is 10.1. The average molecular weight is 326 g/mol. The van der Waals surface area contributed by atoms with E-state index in [1.807, 2.05) is 0 Å². The molecule has 0 atom stereocenters. The number of hydrogen-bond donors (Lipinski definition) is 2. The van der Waals surface area contributed by atoms with Gasteiger partial charge >= 0.3 is 0 Å². The highest BCUT2D eigenvalue weighted by Gasteiger charge is 2.14. The van der Waals surface area contributed by atoms with Gasteiger partial charge in [-0.15, -0.1) is 11.3 Å². The van der Waals surface area contributed by atoms with Crippen LogP contribution in [0.2, 0.25) is 4.34 Å². The van der Waals surface area contributed by atoms with Gasteiger partial charge in [-0.3, -0.25) is 9.59 Å². The molecule has 0 spiro atoms. The summed E-state index contributed by atoms with van der Waals surface area (Å²) in [6.07, 6.45) is 1.16. The van der Waals surface area contributed by atoms with Crippen LogP contribution in [0.4, 0.5) is 0 Å². The Kier molecular flexibility index (Phi) is 5.13. The Bertz CT molecular complexity index is 665. The van der Waals surface area contributed by atoms with E-state index in [0.717, 1.165) is 11.0 Å². The molecule has 110 valence electrons. The first-order valence-electron chi connectivity index (χ1n) is 6.01. The van der Waals surface area contributed by atoms with Crippen molar-refractivity contribution in [3.05, 3.63) is 40.9 Å². The van der Waals surface area contributed by atoms with Gasteiger partial charge < -0.3 is 15.2 Å². The summed E-state index contributed by atoms with van der Waals surface area (Å²) in [7, 11) is 0. The number of thiophene rings is 1. The molecule has 21 heavy (non-hydrogen) atoms. The molecule has 0 aliphatic heterocycles. The molecule has 0 aliphatic carbocycles. The molecule has 0 fully saturated rings. The number of carbonyl (C=O) groups is 2. The van der Waals surface area contributed by atoms with Gasteiger partial charge in [0.25, 0.3) is 5.91 Å². The van der Waals surface area contributed by atoms with Crippen molar-refractivity contribution < 1.29 is 14.1 Å². The second-order valence-corrected chi connectivity index (χ2v) is 5.65. The highest BCUT2D eigenvalue weighted by Crippen LogP contribution is 2.31. The van der Waals surface area contributed by atoms with Gasteiger partial charge in [-0.2, -0.15) is 0 Å². The first-order chi connectivity index (χ1) is 10.1. The van der Waals surface area contributed by atoms with Crippen LogP contribution in [0.25, 0.3) is 10.6 Å². The van der Waals surface area contributed by atoms with Gasteiger partial charge in [-0.05, 0) is 18.2 Å². The zero-order valence-corrected chi connectivity index (χ0v) is 12.5. The number of hydrogen-bond acceptors (Lipinski definition) is 5. The van der Waals surface area contributed by atoms with Crippen LogP contribution in [0, 0.1) is 0 Å². The smallest absolute Gasteiger partial charge is 0.273 e. The number of rotatable bonds is 6. The van der Waals surface area contributed by atoms with E-state index in [1.165, 1.54) is 11.3 Å². The van der Waals surface area contributed by atoms with Crippen LogP contribution >= 0.6 is 22.9 Å². The molecule has 0 saturated carbocycles. The van der Waals surface area contributed by atoms with E-state index < -0.39 is 0 Å². The Morgan fingerprint density at radius 1 is 1.38 bits per heavy atom. The Morgan fingerprint density at radius 2 is 2.14 bits per heavy atom. The van der Waals surface area contributed by atoms with Gasteiger partial charge in [0.2, 0.25) is 5.91 Å². The van der Waals surface area contributed by atoms with Crippen LogP contribution < -0.4 is 10.6 Å². The molecular formula is C13H12ClN3O3S. The lowest BCUT2D eigenvalue weighted by molar-refractivity contribution is -0.116. The molecule has 0 radical (unpaired) electrons. The highest BCUT2D eigenvalue weighted by atomic mass is 35.5. The van der Waals surface area contributed by atoms with Crippen molar-refractivity contribution >= 4 is 34.8 Å². The summed E-state index contributed by atoms with van der Waals surface area (Å²) in [6.45, 7) is 3.92. The minimum Gasteiger partial charge on any atom is -0.355 e. The first kappa shape index (κ1) is 15.3. The molecule has 8 heteroatoms. The Balaban J connectivity index is 1.87. The fourth-order valence-electron chi connectivity index (χ4n) is 1.47. The predicted molar refractivity (Wildman–Crippen MR) is 80.4 cm³/mol. The van der Waals surface area contributed by atoms with Crippen LogP contribution in [0.5, 0.6) is 0 Å². The number of nitrogens with zero attached hydrogens (tertiary/aromatic N) is 1. The summed E-state index contributed by atoms with van der Waals surface area (Å²) < 4.78 is 5.73. The number of carbonyl (C=O) groups excluding carboxylic acids is 2. The van der Waals surface area contributed by atoms with E-state index in [2.05, 4.69) is 22.4 Å². The number of aromatic nitrogens is 1. The van der Waals surface area contributed by atoms with E-state index in [1.54, 1.807) is 18.2 Å². The largest absolute Gasteiger partial charge is 0.355 e.